The third-order valence-corrected chi connectivity index (χ3v) is 3.23. The zero-order valence-corrected chi connectivity index (χ0v) is 15.3. The second kappa shape index (κ2) is 21.6. The maximum atomic E-state index is 11.5. The Hall–Kier alpha value is -1.43. The van der Waals surface area contributed by atoms with Gasteiger partial charge in [0.05, 0.1) is 0 Å². The van der Waals surface area contributed by atoms with Crippen LogP contribution in [0.25, 0.3) is 0 Å². The van der Waals surface area contributed by atoms with Crippen molar-refractivity contribution in [3.05, 3.63) is 12.5 Å². The quantitative estimate of drug-likeness (QED) is 0.109. The summed E-state index contributed by atoms with van der Waals surface area (Å²) in [6, 6.07) is 0. The van der Waals surface area contributed by atoms with Crippen molar-refractivity contribution in [2.75, 3.05) is 13.2 Å². The van der Waals surface area contributed by atoms with E-state index in [1.807, 2.05) is 0 Å². The number of esters is 1. The third kappa shape index (κ3) is 20.6. The molecule has 0 unspecified atom stereocenters. The van der Waals surface area contributed by atoms with Crippen LogP contribution in [0.2, 0.25) is 0 Å². The average molecular weight is 382 g/mol. The molecule has 0 bridgehead atoms. The van der Waals surface area contributed by atoms with Gasteiger partial charge in [0.2, 0.25) is 0 Å². The van der Waals surface area contributed by atoms with Crippen molar-refractivity contribution in [1.29, 1.82) is 0 Å². The number of hydrogen-bond donors (Lipinski definition) is 1. The highest BCUT2D eigenvalue weighted by atomic mass is 17.9. The molecular weight excluding hydrogens is 352 g/mol. The molecule has 0 aromatic rings. The molecule has 0 fully saturated rings. The van der Waals surface area contributed by atoms with Crippen molar-refractivity contribution in [3.63, 3.8) is 0 Å². The van der Waals surface area contributed by atoms with Crippen LogP contribution in [0, 0.1) is 0 Å². The fourth-order valence-electron chi connectivity index (χ4n) is 1.99. The van der Waals surface area contributed by atoms with Gasteiger partial charge in [0.15, 0.2) is 6.26 Å². The van der Waals surface area contributed by atoms with E-state index in [-0.39, 0.29) is 19.2 Å². The summed E-state index contributed by atoms with van der Waals surface area (Å²) in [4.78, 5) is 19.9. The zero-order valence-electron chi connectivity index (χ0n) is 15.3. The van der Waals surface area contributed by atoms with Gasteiger partial charge in [-0.2, -0.15) is 0 Å². The largest absolute Gasteiger partial charge is 0.512 e. The first-order chi connectivity index (χ1) is 12.8. The van der Waals surface area contributed by atoms with E-state index in [0.29, 0.717) is 12.7 Å². The first-order valence-corrected chi connectivity index (χ1v) is 8.87. The summed E-state index contributed by atoms with van der Waals surface area (Å²) < 4.78 is 4.94. The minimum absolute atomic E-state index is 0.0153. The maximum Gasteiger partial charge on any atom is 0.305 e. The summed E-state index contributed by atoms with van der Waals surface area (Å²) in [7, 11) is 0. The molecule has 0 aliphatic carbocycles. The molecule has 0 saturated carbocycles. The number of rotatable bonds is 20. The fraction of sp³-hybridized carbons (Fsp3) is 0.812. The van der Waals surface area contributed by atoms with E-state index >= 15 is 0 Å². The molecule has 1 N–H and O–H groups in total. The van der Waals surface area contributed by atoms with E-state index in [4.69, 9.17) is 9.84 Å². The van der Waals surface area contributed by atoms with Crippen molar-refractivity contribution >= 4 is 5.97 Å². The highest BCUT2D eigenvalue weighted by molar-refractivity contribution is 5.69. The minimum atomic E-state index is -0.278. The van der Waals surface area contributed by atoms with Gasteiger partial charge in [-0.1, -0.05) is 58.3 Å². The Labute approximate surface area is 153 Å². The van der Waals surface area contributed by atoms with E-state index in [1.54, 1.807) is 0 Å². The summed E-state index contributed by atoms with van der Waals surface area (Å²) >= 11 is 0. The van der Waals surface area contributed by atoms with Gasteiger partial charge in [0.1, 0.15) is 19.5 Å². The zero-order chi connectivity index (χ0) is 19.1. The van der Waals surface area contributed by atoms with E-state index in [0.717, 1.165) is 25.5 Å². The predicted molar refractivity (Wildman–Crippen MR) is 87.0 cm³/mol. The number of ether oxygens (including phenoxy) is 1. The molecule has 0 amide bonds. The van der Waals surface area contributed by atoms with Crippen LogP contribution in [0.3, 0.4) is 0 Å². The van der Waals surface area contributed by atoms with E-state index in [1.165, 1.54) is 38.5 Å². The van der Waals surface area contributed by atoms with Crippen LogP contribution >= 0.6 is 0 Å². The lowest BCUT2D eigenvalue weighted by Gasteiger charge is -2.04. The van der Waals surface area contributed by atoms with Crippen LogP contribution in [-0.4, -0.2) is 24.3 Å². The Kier molecular flexibility index (Phi) is 20.4. The van der Waals surface area contributed by atoms with Crippen LogP contribution in [0.5, 0.6) is 0 Å². The highest BCUT2D eigenvalue weighted by Gasteiger charge is 2.03. The molecule has 10 nitrogen and oxygen atoms in total. The number of aliphatic hydroxyl groups is 1. The molecule has 0 saturated heterocycles. The summed E-state index contributed by atoms with van der Waals surface area (Å²) in [6.45, 7) is 2.17. The molecule has 26 heavy (non-hydrogen) atoms. The second-order valence-electron chi connectivity index (χ2n) is 5.34. The molecule has 0 radical (unpaired) electrons. The van der Waals surface area contributed by atoms with E-state index in [2.05, 4.69) is 41.9 Å². The first-order valence-electron chi connectivity index (χ1n) is 8.87. The van der Waals surface area contributed by atoms with Crippen molar-refractivity contribution < 1.29 is 49.6 Å². The number of hydrogen-bond acceptors (Lipinski definition) is 10. The van der Waals surface area contributed by atoms with E-state index < -0.39 is 0 Å². The summed E-state index contributed by atoms with van der Waals surface area (Å²) in [5.41, 5.74) is 0. The SMILES string of the molecule is CCCCCCCCCCCC(=O)OCCOOOOOOOC=CO. The Morgan fingerprint density at radius 2 is 1.42 bits per heavy atom. The molecule has 0 aromatic carbocycles. The van der Waals surface area contributed by atoms with Gasteiger partial charge in [-0.25, -0.2) is 4.89 Å². The first kappa shape index (κ1) is 24.6. The van der Waals surface area contributed by atoms with Crippen LogP contribution < -0.4 is 0 Å². The van der Waals surface area contributed by atoms with E-state index in [9.17, 15) is 4.79 Å². The number of aliphatic hydroxyl groups excluding tert-OH is 1. The molecule has 0 aliphatic rings. The third-order valence-electron chi connectivity index (χ3n) is 3.23. The van der Waals surface area contributed by atoms with Gasteiger partial charge in [-0.15, -0.1) is 0 Å². The van der Waals surface area contributed by atoms with Crippen molar-refractivity contribution in [2.45, 2.75) is 71.1 Å². The number of unbranched alkanes of at least 4 members (excludes halogenated alkanes) is 8. The molecule has 10 heteroatoms. The van der Waals surface area contributed by atoms with Crippen molar-refractivity contribution in [3.8, 4) is 0 Å². The standard InChI is InChI=1S/C16H30O10/c1-2-3-4-5-6-7-8-9-10-11-16(18)19-14-15-21-23-25-26-24-22-20-13-12-17/h12-13,17H,2-11,14-15H2,1H3. The summed E-state index contributed by atoms with van der Waals surface area (Å²) in [6.07, 6.45) is 12.4. The van der Waals surface area contributed by atoms with Gasteiger partial charge in [0, 0.05) is 21.5 Å². The average Bonchev–Trinajstić information content (AvgIpc) is 2.64. The predicted octanol–water partition coefficient (Wildman–Crippen LogP) is 4.09. The molecule has 0 spiro atoms. The minimum Gasteiger partial charge on any atom is -0.512 e. The van der Waals surface area contributed by atoms with Crippen molar-refractivity contribution in [2.24, 2.45) is 0 Å². The Balaban J connectivity index is 3.15. The summed E-state index contributed by atoms with van der Waals surface area (Å²) in [5.74, 6) is -0.278. The molecular formula is C16H30O10. The number of carbonyl (C=O) groups excluding carboxylic acids is 1. The van der Waals surface area contributed by atoms with Gasteiger partial charge in [0.25, 0.3) is 0 Å². The smallest absolute Gasteiger partial charge is 0.305 e. The summed E-state index contributed by atoms with van der Waals surface area (Å²) in [5, 5.41) is 27.5. The van der Waals surface area contributed by atoms with Gasteiger partial charge in [-0.05, 0) is 16.5 Å². The van der Waals surface area contributed by atoms with Gasteiger partial charge >= 0.3 is 5.97 Å². The lowest BCUT2D eigenvalue weighted by atomic mass is 10.1. The Bertz CT molecular complexity index is 324. The maximum absolute atomic E-state index is 11.5. The fourth-order valence-corrected chi connectivity index (χ4v) is 1.99. The molecule has 0 aromatic heterocycles. The second-order valence-corrected chi connectivity index (χ2v) is 5.34. The normalized spacial score (nSPS) is 11.1. The monoisotopic (exact) mass is 382 g/mol. The Morgan fingerprint density at radius 1 is 0.808 bits per heavy atom. The number of carbonyl (C=O) groups is 1. The lowest BCUT2D eigenvalue weighted by molar-refractivity contribution is -0.786. The highest BCUT2D eigenvalue weighted by Crippen LogP contribution is 2.10. The Morgan fingerprint density at radius 3 is 2.12 bits per heavy atom. The van der Waals surface area contributed by atoms with Crippen LogP contribution in [0.15, 0.2) is 12.5 Å². The van der Waals surface area contributed by atoms with Crippen LogP contribution in [0.4, 0.5) is 0 Å². The lowest BCUT2D eigenvalue weighted by Crippen LogP contribution is -2.11. The molecule has 0 atom stereocenters. The van der Waals surface area contributed by atoms with Crippen LogP contribution in [0.1, 0.15) is 71.1 Å². The van der Waals surface area contributed by atoms with Gasteiger partial charge in [-0.3, -0.25) is 4.79 Å². The van der Waals surface area contributed by atoms with Crippen LogP contribution in [-0.2, 0) is 44.5 Å². The molecule has 154 valence electrons. The molecule has 0 aliphatic heterocycles. The van der Waals surface area contributed by atoms with Gasteiger partial charge < -0.3 is 14.7 Å². The topological polar surface area (TPSA) is 111 Å². The van der Waals surface area contributed by atoms with Crippen molar-refractivity contribution in [1.82, 2.24) is 0 Å². The molecule has 0 heterocycles. The molecule has 0 rings (SSSR count).